The van der Waals surface area contributed by atoms with Gasteiger partial charge in [0.15, 0.2) is 0 Å². The molecule has 0 aromatic rings. The van der Waals surface area contributed by atoms with Gasteiger partial charge in [-0.15, -0.1) is 12.3 Å². The lowest BCUT2D eigenvalue weighted by Gasteiger charge is -2.22. The molecule has 1 atom stereocenters. The van der Waals surface area contributed by atoms with Gasteiger partial charge in [-0.3, -0.25) is 0 Å². The summed E-state index contributed by atoms with van der Waals surface area (Å²) in [5, 5.41) is 3.69. The maximum absolute atomic E-state index is 5.23. The van der Waals surface area contributed by atoms with E-state index in [-0.39, 0.29) is 0 Å². The fourth-order valence-corrected chi connectivity index (χ4v) is 2.52. The number of hydrogen-bond acceptors (Lipinski definition) is 1. The van der Waals surface area contributed by atoms with Gasteiger partial charge in [0, 0.05) is 12.5 Å². The quantitative estimate of drug-likeness (QED) is 0.424. The van der Waals surface area contributed by atoms with E-state index >= 15 is 0 Å². The van der Waals surface area contributed by atoms with Gasteiger partial charge in [-0.2, -0.15) is 0 Å². The third-order valence-electron chi connectivity index (χ3n) is 3.76. The summed E-state index contributed by atoms with van der Waals surface area (Å²) in [5.41, 5.74) is 0.569. The second kappa shape index (κ2) is 6.97. The molecule has 92 valence electrons. The molecule has 0 aromatic heterocycles. The summed E-state index contributed by atoms with van der Waals surface area (Å²) in [5.74, 6) is 2.70. The minimum Gasteiger partial charge on any atom is -0.314 e. The van der Waals surface area contributed by atoms with Crippen molar-refractivity contribution in [1.29, 1.82) is 0 Å². The summed E-state index contributed by atoms with van der Waals surface area (Å²) < 4.78 is 0. The zero-order valence-electron chi connectivity index (χ0n) is 11.0. The van der Waals surface area contributed by atoms with E-state index in [2.05, 4.69) is 25.1 Å². The van der Waals surface area contributed by atoms with Crippen molar-refractivity contribution in [2.45, 2.75) is 71.3 Å². The largest absolute Gasteiger partial charge is 0.314 e. The van der Waals surface area contributed by atoms with E-state index in [4.69, 9.17) is 6.42 Å². The van der Waals surface area contributed by atoms with Gasteiger partial charge in [0.25, 0.3) is 0 Å². The fraction of sp³-hybridized carbons (Fsp3) is 0.867. The van der Waals surface area contributed by atoms with Crippen LogP contribution in [0.1, 0.15) is 65.2 Å². The highest BCUT2D eigenvalue weighted by molar-refractivity contribution is 4.83. The molecule has 1 aliphatic carbocycles. The van der Waals surface area contributed by atoms with Crippen LogP contribution in [-0.4, -0.2) is 12.6 Å². The molecule has 1 nitrogen and oxygen atoms in total. The van der Waals surface area contributed by atoms with Crippen molar-refractivity contribution in [3.8, 4) is 12.3 Å². The Kier molecular flexibility index (Phi) is 5.91. The molecule has 0 radical (unpaired) electrons. The standard InChI is InChI=1S/C15H27N/c1-4-5-6-7-13-16-14-9-8-11-15(2,3)12-10-14/h1,14,16H,5-13H2,2-3H3. The highest BCUT2D eigenvalue weighted by Gasteiger charge is 2.23. The SMILES string of the molecule is C#CCCCCNC1CCCC(C)(C)CC1. The number of hydrogen-bond donors (Lipinski definition) is 1. The lowest BCUT2D eigenvalue weighted by molar-refractivity contribution is 0.309. The molecular weight excluding hydrogens is 194 g/mol. The Morgan fingerprint density at radius 3 is 2.81 bits per heavy atom. The molecule has 0 aromatic carbocycles. The maximum atomic E-state index is 5.23. The van der Waals surface area contributed by atoms with Crippen molar-refractivity contribution in [2.75, 3.05) is 6.54 Å². The Morgan fingerprint density at radius 2 is 2.06 bits per heavy atom. The van der Waals surface area contributed by atoms with E-state index in [9.17, 15) is 0 Å². The van der Waals surface area contributed by atoms with Crippen LogP contribution in [0.4, 0.5) is 0 Å². The maximum Gasteiger partial charge on any atom is 0.00865 e. The first kappa shape index (κ1) is 13.6. The van der Waals surface area contributed by atoms with E-state index in [0.717, 1.165) is 19.0 Å². The van der Waals surface area contributed by atoms with Gasteiger partial charge in [-0.1, -0.05) is 20.3 Å². The Morgan fingerprint density at radius 1 is 1.25 bits per heavy atom. The molecule has 0 spiro atoms. The van der Waals surface area contributed by atoms with E-state index < -0.39 is 0 Å². The topological polar surface area (TPSA) is 12.0 Å². The van der Waals surface area contributed by atoms with E-state index in [1.165, 1.54) is 44.9 Å². The molecule has 16 heavy (non-hydrogen) atoms. The first-order valence-electron chi connectivity index (χ1n) is 6.81. The lowest BCUT2D eigenvalue weighted by atomic mass is 9.85. The van der Waals surface area contributed by atoms with Crippen molar-refractivity contribution in [1.82, 2.24) is 5.32 Å². The first-order valence-corrected chi connectivity index (χ1v) is 6.81. The number of rotatable bonds is 5. The van der Waals surface area contributed by atoms with Crippen molar-refractivity contribution in [2.24, 2.45) is 5.41 Å². The Labute approximate surface area is 101 Å². The summed E-state index contributed by atoms with van der Waals surface area (Å²) in [6.45, 7) is 5.96. The smallest absolute Gasteiger partial charge is 0.00865 e. The molecule has 0 amide bonds. The van der Waals surface area contributed by atoms with Crippen molar-refractivity contribution in [3.05, 3.63) is 0 Å². The van der Waals surface area contributed by atoms with Crippen LogP contribution in [0.25, 0.3) is 0 Å². The molecule has 1 aliphatic rings. The molecule has 0 bridgehead atoms. The highest BCUT2D eigenvalue weighted by atomic mass is 14.9. The van der Waals surface area contributed by atoms with Gasteiger partial charge < -0.3 is 5.32 Å². The molecule has 1 rings (SSSR count). The van der Waals surface area contributed by atoms with Gasteiger partial charge in [-0.25, -0.2) is 0 Å². The van der Waals surface area contributed by atoms with Crippen LogP contribution >= 0.6 is 0 Å². The average molecular weight is 221 g/mol. The lowest BCUT2D eigenvalue weighted by Crippen LogP contribution is -2.29. The molecule has 1 fully saturated rings. The molecule has 1 N–H and O–H groups in total. The highest BCUT2D eigenvalue weighted by Crippen LogP contribution is 2.33. The average Bonchev–Trinajstić information content (AvgIpc) is 2.40. The van der Waals surface area contributed by atoms with Gasteiger partial charge in [0.2, 0.25) is 0 Å². The summed E-state index contributed by atoms with van der Waals surface area (Å²) in [7, 11) is 0. The molecular formula is C15H27N. The summed E-state index contributed by atoms with van der Waals surface area (Å²) >= 11 is 0. The van der Waals surface area contributed by atoms with Crippen LogP contribution in [0.15, 0.2) is 0 Å². The van der Waals surface area contributed by atoms with E-state index in [1.807, 2.05) is 0 Å². The van der Waals surface area contributed by atoms with Crippen LogP contribution in [-0.2, 0) is 0 Å². The Balaban J connectivity index is 2.11. The summed E-state index contributed by atoms with van der Waals surface area (Å²) in [4.78, 5) is 0. The monoisotopic (exact) mass is 221 g/mol. The molecule has 0 heterocycles. The van der Waals surface area contributed by atoms with Gasteiger partial charge in [-0.05, 0) is 50.5 Å². The number of nitrogens with one attached hydrogen (secondary N) is 1. The first-order chi connectivity index (χ1) is 7.64. The van der Waals surface area contributed by atoms with Crippen LogP contribution in [0, 0.1) is 17.8 Å². The van der Waals surface area contributed by atoms with Crippen molar-refractivity contribution >= 4 is 0 Å². The molecule has 1 heteroatoms. The van der Waals surface area contributed by atoms with E-state index in [1.54, 1.807) is 0 Å². The predicted molar refractivity (Wildman–Crippen MR) is 71.3 cm³/mol. The second-order valence-corrected chi connectivity index (χ2v) is 5.91. The Hall–Kier alpha value is -0.480. The van der Waals surface area contributed by atoms with Crippen LogP contribution in [0.5, 0.6) is 0 Å². The predicted octanol–water partition coefficient (Wildman–Crippen LogP) is 3.74. The molecule has 1 saturated carbocycles. The normalized spacial score (nSPS) is 24.7. The van der Waals surface area contributed by atoms with Gasteiger partial charge >= 0.3 is 0 Å². The summed E-state index contributed by atoms with van der Waals surface area (Å²) in [6.07, 6.45) is 15.4. The van der Waals surface area contributed by atoms with Crippen molar-refractivity contribution < 1.29 is 0 Å². The summed E-state index contributed by atoms with van der Waals surface area (Å²) in [6, 6.07) is 0.757. The van der Waals surface area contributed by atoms with Gasteiger partial charge in [0.05, 0.1) is 0 Å². The van der Waals surface area contributed by atoms with Crippen LogP contribution in [0.2, 0.25) is 0 Å². The van der Waals surface area contributed by atoms with E-state index in [0.29, 0.717) is 5.41 Å². The van der Waals surface area contributed by atoms with Crippen LogP contribution in [0.3, 0.4) is 0 Å². The van der Waals surface area contributed by atoms with Crippen molar-refractivity contribution in [3.63, 3.8) is 0 Å². The number of unbranched alkanes of at least 4 members (excludes halogenated alkanes) is 2. The molecule has 1 unspecified atom stereocenters. The van der Waals surface area contributed by atoms with Gasteiger partial charge in [0.1, 0.15) is 0 Å². The minimum absolute atomic E-state index is 0.569. The molecule has 0 aliphatic heterocycles. The fourth-order valence-electron chi connectivity index (χ4n) is 2.52. The van der Waals surface area contributed by atoms with Crippen LogP contribution < -0.4 is 5.32 Å². The second-order valence-electron chi connectivity index (χ2n) is 5.91. The minimum atomic E-state index is 0.569. The third kappa shape index (κ3) is 5.56. The zero-order valence-corrected chi connectivity index (χ0v) is 11.0. The number of terminal acetylenes is 1. The zero-order chi connectivity index (χ0) is 11.9. The molecule has 0 saturated heterocycles. The Bertz CT molecular complexity index is 224. The third-order valence-corrected chi connectivity index (χ3v) is 3.76.